The standard InChI is InChI=1S/C12H8F6N2/c1-2-19-7-4-8(12(16,17)18)20-11-6(14)3-5(13)10(15)9(7)11/h3-4H,2H2,1H3,(H,19,20). The van der Waals surface area contributed by atoms with Gasteiger partial charge in [-0.1, -0.05) is 0 Å². The summed E-state index contributed by atoms with van der Waals surface area (Å²) in [7, 11) is 0. The monoisotopic (exact) mass is 294 g/mol. The summed E-state index contributed by atoms with van der Waals surface area (Å²) in [5.74, 6) is -4.29. The van der Waals surface area contributed by atoms with Gasteiger partial charge in [0.15, 0.2) is 17.5 Å². The summed E-state index contributed by atoms with van der Waals surface area (Å²) in [5.41, 5.74) is -2.61. The molecular weight excluding hydrogens is 286 g/mol. The summed E-state index contributed by atoms with van der Waals surface area (Å²) >= 11 is 0. The van der Waals surface area contributed by atoms with E-state index in [1.807, 2.05) is 0 Å². The van der Waals surface area contributed by atoms with Crippen molar-refractivity contribution in [2.75, 3.05) is 11.9 Å². The Kier molecular flexibility index (Phi) is 3.49. The molecule has 1 aromatic carbocycles. The smallest absolute Gasteiger partial charge is 0.385 e. The van der Waals surface area contributed by atoms with Crippen molar-refractivity contribution in [3.8, 4) is 0 Å². The highest BCUT2D eigenvalue weighted by molar-refractivity contribution is 5.92. The lowest BCUT2D eigenvalue weighted by atomic mass is 10.1. The fourth-order valence-electron chi connectivity index (χ4n) is 1.78. The van der Waals surface area contributed by atoms with Crippen molar-refractivity contribution in [3.05, 3.63) is 35.3 Å². The highest BCUT2D eigenvalue weighted by atomic mass is 19.4. The first-order chi connectivity index (χ1) is 9.25. The molecule has 0 spiro atoms. The van der Waals surface area contributed by atoms with Crippen molar-refractivity contribution in [1.82, 2.24) is 4.98 Å². The highest BCUT2D eigenvalue weighted by Crippen LogP contribution is 2.35. The minimum atomic E-state index is -4.82. The van der Waals surface area contributed by atoms with Gasteiger partial charge in [0, 0.05) is 18.3 Å². The summed E-state index contributed by atoms with van der Waals surface area (Å²) in [6.45, 7) is 1.70. The third-order valence-corrected chi connectivity index (χ3v) is 2.59. The maximum atomic E-state index is 13.7. The first-order valence-corrected chi connectivity index (χ1v) is 5.55. The number of rotatable bonds is 2. The molecule has 0 fully saturated rings. The topological polar surface area (TPSA) is 24.9 Å². The number of alkyl halides is 3. The largest absolute Gasteiger partial charge is 0.433 e. The molecule has 1 heterocycles. The Morgan fingerprint density at radius 3 is 2.30 bits per heavy atom. The van der Waals surface area contributed by atoms with Crippen molar-refractivity contribution in [2.45, 2.75) is 13.1 Å². The fraction of sp³-hybridized carbons (Fsp3) is 0.250. The van der Waals surface area contributed by atoms with Crippen molar-refractivity contribution < 1.29 is 26.3 Å². The molecule has 0 aliphatic carbocycles. The van der Waals surface area contributed by atoms with E-state index in [-0.39, 0.29) is 18.3 Å². The van der Waals surface area contributed by atoms with Crippen LogP contribution < -0.4 is 5.32 Å². The van der Waals surface area contributed by atoms with Crippen LogP contribution in [0, 0.1) is 17.5 Å². The molecule has 0 atom stereocenters. The van der Waals surface area contributed by atoms with E-state index in [0.29, 0.717) is 6.07 Å². The van der Waals surface area contributed by atoms with Gasteiger partial charge in [0.1, 0.15) is 11.2 Å². The molecule has 0 aliphatic heterocycles. The Labute approximate surface area is 109 Å². The predicted octanol–water partition coefficient (Wildman–Crippen LogP) is 4.10. The van der Waals surface area contributed by atoms with Gasteiger partial charge in [0.05, 0.1) is 5.39 Å². The lowest BCUT2D eigenvalue weighted by Gasteiger charge is -2.13. The summed E-state index contributed by atoms with van der Waals surface area (Å²) < 4.78 is 78.4. The van der Waals surface area contributed by atoms with Crippen LogP contribution in [-0.4, -0.2) is 11.5 Å². The maximum Gasteiger partial charge on any atom is 0.433 e. The lowest BCUT2D eigenvalue weighted by Crippen LogP contribution is -2.11. The maximum absolute atomic E-state index is 13.7. The zero-order valence-electron chi connectivity index (χ0n) is 10.1. The van der Waals surface area contributed by atoms with Crippen molar-refractivity contribution in [3.63, 3.8) is 0 Å². The van der Waals surface area contributed by atoms with Gasteiger partial charge in [-0.2, -0.15) is 13.2 Å². The first-order valence-electron chi connectivity index (χ1n) is 5.55. The molecule has 0 bridgehead atoms. The van der Waals surface area contributed by atoms with Crippen LogP contribution >= 0.6 is 0 Å². The van der Waals surface area contributed by atoms with E-state index in [0.717, 1.165) is 0 Å². The molecule has 20 heavy (non-hydrogen) atoms. The van der Waals surface area contributed by atoms with Crippen molar-refractivity contribution >= 4 is 16.6 Å². The minimum absolute atomic E-state index is 0.147. The van der Waals surface area contributed by atoms with Crippen molar-refractivity contribution in [2.24, 2.45) is 0 Å². The SMILES string of the molecule is CCNc1cc(C(F)(F)F)nc2c(F)cc(F)c(F)c12. The van der Waals surface area contributed by atoms with Gasteiger partial charge in [-0.25, -0.2) is 18.2 Å². The molecule has 2 rings (SSSR count). The van der Waals surface area contributed by atoms with Gasteiger partial charge in [-0.15, -0.1) is 0 Å². The number of hydrogen-bond acceptors (Lipinski definition) is 2. The van der Waals surface area contributed by atoms with Gasteiger partial charge in [0.25, 0.3) is 0 Å². The Hall–Kier alpha value is -1.99. The third kappa shape index (κ3) is 2.37. The second-order valence-corrected chi connectivity index (χ2v) is 3.96. The highest BCUT2D eigenvalue weighted by Gasteiger charge is 2.34. The second kappa shape index (κ2) is 4.84. The molecular formula is C12H8F6N2. The molecule has 1 N–H and O–H groups in total. The average molecular weight is 294 g/mol. The van der Waals surface area contributed by atoms with E-state index >= 15 is 0 Å². The summed E-state index contributed by atoms with van der Waals surface area (Å²) in [6.07, 6.45) is -4.82. The van der Waals surface area contributed by atoms with Gasteiger partial charge in [-0.3, -0.25) is 0 Å². The van der Waals surface area contributed by atoms with Crippen LogP contribution in [0.3, 0.4) is 0 Å². The molecule has 2 aromatic rings. The lowest BCUT2D eigenvalue weighted by molar-refractivity contribution is -0.140. The Bertz CT molecular complexity index is 665. The van der Waals surface area contributed by atoms with Gasteiger partial charge < -0.3 is 5.32 Å². The number of anilines is 1. The Balaban J connectivity index is 2.89. The number of nitrogens with one attached hydrogen (secondary N) is 1. The summed E-state index contributed by atoms with van der Waals surface area (Å²) in [5, 5.41) is 1.80. The Morgan fingerprint density at radius 2 is 1.75 bits per heavy atom. The van der Waals surface area contributed by atoms with Crippen LogP contribution in [0.1, 0.15) is 12.6 Å². The van der Waals surface area contributed by atoms with Crippen LogP contribution in [0.5, 0.6) is 0 Å². The van der Waals surface area contributed by atoms with E-state index in [1.54, 1.807) is 6.92 Å². The Morgan fingerprint density at radius 1 is 1.10 bits per heavy atom. The molecule has 0 saturated heterocycles. The minimum Gasteiger partial charge on any atom is -0.385 e. The van der Waals surface area contributed by atoms with Crippen LogP contribution in [0.15, 0.2) is 12.1 Å². The van der Waals surface area contributed by atoms with E-state index in [9.17, 15) is 26.3 Å². The molecule has 2 nitrogen and oxygen atoms in total. The number of fused-ring (bicyclic) bond motifs is 1. The van der Waals surface area contributed by atoms with Crippen LogP contribution in [0.2, 0.25) is 0 Å². The zero-order valence-corrected chi connectivity index (χ0v) is 10.1. The molecule has 0 aliphatic rings. The number of halogens is 6. The number of aromatic nitrogens is 1. The van der Waals surface area contributed by atoms with E-state index in [1.165, 1.54) is 0 Å². The molecule has 0 amide bonds. The van der Waals surface area contributed by atoms with E-state index in [4.69, 9.17) is 0 Å². The summed E-state index contributed by atoms with van der Waals surface area (Å²) in [4.78, 5) is 3.04. The molecule has 108 valence electrons. The zero-order chi connectivity index (χ0) is 15.1. The van der Waals surface area contributed by atoms with Crippen LogP contribution in [0.25, 0.3) is 10.9 Å². The number of nitrogens with zero attached hydrogens (tertiary/aromatic N) is 1. The van der Waals surface area contributed by atoms with E-state index in [2.05, 4.69) is 10.3 Å². The molecule has 1 aromatic heterocycles. The first kappa shape index (κ1) is 14.4. The fourth-order valence-corrected chi connectivity index (χ4v) is 1.78. The molecule has 0 saturated carbocycles. The quantitative estimate of drug-likeness (QED) is 0.666. The number of hydrogen-bond donors (Lipinski definition) is 1. The van der Waals surface area contributed by atoms with Gasteiger partial charge in [0.2, 0.25) is 0 Å². The van der Waals surface area contributed by atoms with Gasteiger partial charge in [-0.05, 0) is 13.0 Å². The van der Waals surface area contributed by atoms with Crippen LogP contribution in [-0.2, 0) is 6.18 Å². The predicted molar refractivity (Wildman–Crippen MR) is 60.8 cm³/mol. The number of benzene rings is 1. The van der Waals surface area contributed by atoms with Crippen molar-refractivity contribution in [1.29, 1.82) is 0 Å². The third-order valence-electron chi connectivity index (χ3n) is 2.59. The molecule has 0 radical (unpaired) electrons. The second-order valence-electron chi connectivity index (χ2n) is 3.96. The molecule has 0 unspecified atom stereocenters. The van der Waals surface area contributed by atoms with Crippen LogP contribution in [0.4, 0.5) is 32.0 Å². The number of pyridine rings is 1. The molecule has 8 heteroatoms. The summed E-state index contributed by atoms with van der Waals surface area (Å²) in [6, 6.07) is 0.689. The van der Waals surface area contributed by atoms with Gasteiger partial charge >= 0.3 is 6.18 Å². The van der Waals surface area contributed by atoms with E-state index < -0.39 is 40.2 Å². The average Bonchev–Trinajstić information content (AvgIpc) is 2.34. The normalized spacial score (nSPS) is 11.9.